The van der Waals surface area contributed by atoms with Crippen molar-refractivity contribution in [2.75, 3.05) is 11.9 Å². The molecule has 0 atom stereocenters. The van der Waals surface area contributed by atoms with Gasteiger partial charge in [0.05, 0.1) is 15.4 Å². The molecule has 0 aliphatic carbocycles. The van der Waals surface area contributed by atoms with Crippen LogP contribution in [0.25, 0.3) is 10.1 Å². The molecule has 3 aromatic rings. The van der Waals surface area contributed by atoms with Crippen LogP contribution in [0.2, 0.25) is 10.0 Å². The van der Waals surface area contributed by atoms with Gasteiger partial charge in [-0.2, -0.15) is 0 Å². The molecule has 5 nitrogen and oxygen atoms in total. The van der Waals surface area contributed by atoms with Crippen LogP contribution in [0, 0.1) is 13.8 Å². The molecular formula is C23H24Cl2N2O3S. The molecule has 164 valence electrons. The van der Waals surface area contributed by atoms with E-state index in [1.54, 1.807) is 24.3 Å². The molecule has 2 aromatic carbocycles. The maximum Gasteiger partial charge on any atom is 0.263 e. The predicted octanol–water partition coefficient (Wildman–Crippen LogP) is 6.37. The minimum absolute atomic E-state index is 0.159. The Labute approximate surface area is 195 Å². The summed E-state index contributed by atoms with van der Waals surface area (Å²) in [4.78, 5) is 25.5. The molecule has 31 heavy (non-hydrogen) atoms. The van der Waals surface area contributed by atoms with Crippen molar-refractivity contribution in [2.24, 2.45) is 0 Å². The van der Waals surface area contributed by atoms with E-state index in [2.05, 4.69) is 10.6 Å². The maximum atomic E-state index is 12.6. The molecule has 2 N–H and O–H groups in total. The SMILES string of the molecule is Cc1cc(OCC(=O)Nc2cccc3c(Cl)c(C(=O)NC(C)(C)C)sc23)cc(C)c1Cl. The van der Waals surface area contributed by atoms with Crippen molar-refractivity contribution in [1.29, 1.82) is 0 Å². The van der Waals surface area contributed by atoms with Crippen LogP contribution >= 0.6 is 34.5 Å². The molecule has 3 rings (SSSR count). The van der Waals surface area contributed by atoms with Crippen LogP contribution in [-0.4, -0.2) is 24.0 Å². The Hall–Kier alpha value is -2.28. The number of aryl methyl sites for hydroxylation is 2. The highest BCUT2D eigenvalue weighted by molar-refractivity contribution is 7.22. The zero-order chi connectivity index (χ0) is 22.9. The Morgan fingerprint density at radius 2 is 1.71 bits per heavy atom. The molecular weight excluding hydrogens is 455 g/mol. The van der Waals surface area contributed by atoms with E-state index in [0.717, 1.165) is 15.8 Å². The van der Waals surface area contributed by atoms with E-state index in [1.165, 1.54) is 11.3 Å². The summed E-state index contributed by atoms with van der Waals surface area (Å²) in [5, 5.41) is 7.55. The molecule has 0 radical (unpaired) electrons. The third-order valence-corrected chi connectivity index (χ3v) is 6.74. The Kier molecular flexibility index (Phi) is 6.84. The van der Waals surface area contributed by atoms with E-state index in [0.29, 0.717) is 31.7 Å². The number of nitrogens with one attached hydrogen (secondary N) is 2. The Bertz CT molecular complexity index is 1140. The number of rotatable bonds is 5. The topological polar surface area (TPSA) is 67.4 Å². The first-order chi connectivity index (χ1) is 14.5. The number of carbonyl (C=O) groups is 2. The summed E-state index contributed by atoms with van der Waals surface area (Å²) in [6, 6.07) is 8.97. The molecule has 0 spiro atoms. The van der Waals surface area contributed by atoms with Gasteiger partial charge in [0.2, 0.25) is 0 Å². The number of hydrogen-bond acceptors (Lipinski definition) is 4. The molecule has 0 aliphatic heterocycles. The Morgan fingerprint density at radius 1 is 1.06 bits per heavy atom. The molecule has 0 fully saturated rings. The van der Waals surface area contributed by atoms with E-state index in [9.17, 15) is 9.59 Å². The van der Waals surface area contributed by atoms with Gasteiger partial charge in [0.15, 0.2) is 6.61 Å². The fraction of sp³-hybridized carbons (Fsp3) is 0.304. The number of ether oxygens (including phenoxy) is 1. The zero-order valence-corrected chi connectivity index (χ0v) is 20.3. The van der Waals surface area contributed by atoms with Gasteiger partial charge in [0.1, 0.15) is 10.6 Å². The highest BCUT2D eigenvalue weighted by Gasteiger charge is 2.22. The third-order valence-electron chi connectivity index (χ3n) is 4.40. The molecule has 0 aliphatic rings. The lowest BCUT2D eigenvalue weighted by Gasteiger charge is -2.19. The second-order valence-electron chi connectivity index (χ2n) is 8.34. The smallest absolute Gasteiger partial charge is 0.263 e. The van der Waals surface area contributed by atoms with Crippen molar-refractivity contribution in [1.82, 2.24) is 5.32 Å². The van der Waals surface area contributed by atoms with E-state index in [-0.39, 0.29) is 24.0 Å². The zero-order valence-electron chi connectivity index (χ0n) is 18.0. The fourth-order valence-electron chi connectivity index (χ4n) is 3.06. The lowest BCUT2D eigenvalue weighted by atomic mass is 10.1. The van der Waals surface area contributed by atoms with Gasteiger partial charge in [-0.05, 0) is 63.9 Å². The summed E-state index contributed by atoms with van der Waals surface area (Å²) >= 11 is 13.9. The van der Waals surface area contributed by atoms with Gasteiger partial charge in [-0.15, -0.1) is 11.3 Å². The quantitative estimate of drug-likeness (QED) is 0.447. The summed E-state index contributed by atoms with van der Waals surface area (Å²) in [6.07, 6.45) is 0. The molecule has 8 heteroatoms. The van der Waals surface area contributed by atoms with Crippen molar-refractivity contribution in [3.8, 4) is 5.75 Å². The van der Waals surface area contributed by atoms with Crippen LogP contribution in [0.4, 0.5) is 5.69 Å². The van der Waals surface area contributed by atoms with Gasteiger partial charge in [0.25, 0.3) is 11.8 Å². The van der Waals surface area contributed by atoms with E-state index < -0.39 is 0 Å². The van der Waals surface area contributed by atoms with Crippen LogP contribution < -0.4 is 15.4 Å². The summed E-state index contributed by atoms with van der Waals surface area (Å²) in [6.45, 7) is 9.32. The van der Waals surface area contributed by atoms with Crippen LogP contribution in [0.1, 0.15) is 41.6 Å². The highest BCUT2D eigenvalue weighted by Crippen LogP contribution is 2.39. The standard InChI is InChI=1S/C23H24Cl2N2O3S/c1-12-9-14(10-13(2)18(12)24)30-11-17(28)26-16-8-6-7-15-19(25)21(31-20(15)16)22(29)27-23(3,4)5/h6-10H,11H2,1-5H3,(H,26,28)(H,27,29). The molecule has 0 bridgehead atoms. The number of hydrogen-bond donors (Lipinski definition) is 2. The maximum absolute atomic E-state index is 12.6. The summed E-state index contributed by atoms with van der Waals surface area (Å²) in [5.74, 6) is 0.0174. The number of halogens is 2. The van der Waals surface area contributed by atoms with Gasteiger partial charge in [-0.3, -0.25) is 9.59 Å². The minimum atomic E-state index is -0.386. The number of anilines is 1. The first-order valence-corrected chi connectivity index (χ1v) is 11.3. The van der Waals surface area contributed by atoms with E-state index in [1.807, 2.05) is 40.7 Å². The average Bonchev–Trinajstić information content (AvgIpc) is 3.01. The lowest BCUT2D eigenvalue weighted by Crippen LogP contribution is -2.40. The van der Waals surface area contributed by atoms with Crippen molar-refractivity contribution in [2.45, 2.75) is 40.2 Å². The Balaban J connectivity index is 1.78. The predicted molar refractivity (Wildman–Crippen MR) is 129 cm³/mol. The second kappa shape index (κ2) is 9.07. The van der Waals surface area contributed by atoms with Gasteiger partial charge in [-0.1, -0.05) is 35.3 Å². The van der Waals surface area contributed by atoms with E-state index >= 15 is 0 Å². The van der Waals surface area contributed by atoms with Crippen molar-refractivity contribution < 1.29 is 14.3 Å². The van der Waals surface area contributed by atoms with Gasteiger partial charge in [0, 0.05) is 15.9 Å². The molecule has 0 unspecified atom stereocenters. The van der Waals surface area contributed by atoms with Crippen molar-refractivity contribution in [3.05, 3.63) is 56.4 Å². The molecule has 1 heterocycles. The summed E-state index contributed by atoms with van der Waals surface area (Å²) in [7, 11) is 0. The Morgan fingerprint density at radius 3 is 2.32 bits per heavy atom. The van der Waals surface area contributed by atoms with Gasteiger partial charge >= 0.3 is 0 Å². The van der Waals surface area contributed by atoms with Crippen LogP contribution in [-0.2, 0) is 4.79 Å². The van der Waals surface area contributed by atoms with Crippen LogP contribution in [0.5, 0.6) is 5.75 Å². The summed E-state index contributed by atoms with van der Waals surface area (Å²) < 4.78 is 6.37. The lowest BCUT2D eigenvalue weighted by molar-refractivity contribution is -0.118. The van der Waals surface area contributed by atoms with E-state index in [4.69, 9.17) is 27.9 Å². The monoisotopic (exact) mass is 478 g/mol. The molecule has 0 saturated carbocycles. The van der Waals surface area contributed by atoms with Gasteiger partial charge < -0.3 is 15.4 Å². The van der Waals surface area contributed by atoms with Crippen molar-refractivity contribution in [3.63, 3.8) is 0 Å². The first-order valence-electron chi connectivity index (χ1n) is 9.69. The molecule has 2 amide bonds. The number of carbonyl (C=O) groups excluding carboxylic acids is 2. The summed E-state index contributed by atoms with van der Waals surface area (Å²) in [5.41, 5.74) is 1.96. The fourth-order valence-corrected chi connectivity index (χ4v) is 4.64. The van der Waals surface area contributed by atoms with Crippen LogP contribution in [0.3, 0.4) is 0 Å². The molecule has 0 saturated heterocycles. The van der Waals surface area contributed by atoms with Gasteiger partial charge in [-0.25, -0.2) is 0 Å². The average molecular weight is 479 g/mol. The number of thiophene rings is 1. The highest BCUT2D eigenvalue weighted by atomic mass is 35.5. The third kappa shape index (κ3) is 5.50. The largest absolute Gasteiger partial charge is 0.484 e. The number of amides is 2. The van der Waals surface area contributed by atoms with Crippen LogP contribution in [0.15, 0.2) is 30.3 Å². The van der Waals surface area contributed by atoms with Crippen molar-refractivity contribution >= 4 is 62.1 Å². The minimum Gasteiger partial charge on any atom is -0.484 e. The number of fused-ring (bicyclic) bond motifs is 1. The first kappa shape index (κ1) is 23.4. The second-order valence-corrected chi connectivity index (χ2v) is 10.1. The normalized spacial score (nSPS) is 11.5. The molecule has 1 aromatic heterocycles. The number of benzene rings is 2.